The lowest BCUT2D eigenvalue weighted by Crippen LogP contribution is -2.38. The quantitative estimate of drug-likeness (QED) is 0.343. The lowest BCUT2D eigenvalue weighted by molar-refractivity contribution is -0.435. The zero-order valence-corrected chi connectivity index (χ0v) is 17.3. The smallest absolute Gasteiger partial charge is 0.210 e. The zero-order chi connectivity index (χ0) is 19.7. The van der Waals surface area contributed by atoms with Crippen molar-refractivity contribution in [1.82, 2.24) is 0 Å². The lowest BCUT2D eigenvalue weighted by atomic mass is 9.65. The molecule has 1 aliphatic carbocycles. The summed E-state index contributed by atoms with van der Waals surface area (Å²) in [5.74, 6) is 0. The van der Waals surface area contributed by atoms with Crippen LogP contribution in [-0.2, 0) is 5.41 Å². The molecule has 0 bridgehead atoms. The standard InChI is InChI=1S/C27H29N2/c1-2-29-24-16-15-21-11-7-8-14-23(21)26(24)27(18-9-4-10-19-27)25(29)17-20-28-22-12-5-3-6-13-22/h3,5-8,11-16,20H,2,4,9-10,17-19H2,1H3/q+1. The summed E-state index contributed by atoms with van der Waals surface area (Å²) >= 11 is 0. The number of para-hydroxylation sites is 1. The van der Waals surface area contributed by atoms with Crippen LogP contribution in [0, 0.1) is 0 Å². The second-order valence-electron chi connectivity index (χ2n) is 8.37. The van der Waals surface area contributed by atoms with Gasteiger partial charge in [0.15, 0.2) is 5.71 Å². The van der Waals surface area contributed by atoms with E-state index >= 15 is 0 Å². The van der Waals surface area contributed by atoms with Crippen molar-refractivity contribution in [2.75, 3.05) is 6.54 Å². The van der Waals surface area contributed by atoms with Crippen LogP contribution in [0.4, 0.5) is 11.4 Å². The number of fused-ring (bicyclic) bond motifs is 4. The molecule has 146 valence electrons. The number of rotatable bonds is 4. The third-order valence-corrected chi connectivity index (χ3v) is 6.86. The fraction of sp³-hybridized carbons (Fsp3) is 0.333. The van der Waals surface area contributed by atoms with Gasteiger partial charge in [-0.1, -0.05) is 61.7 Å². The van der Waals surface area contributed by atoms with E-state index < -0.39 is 0 Å². The van der Waals surface area contributed by atoms with Gasteiger partial charge in [0.2, 0.25) is 5.69 Å². The Morgan fingerprint density at radius 2 is 1.66 bits per heavy atom. The molecule has 29 heavy (non-hydrogen) atoms. The van der Waals surface area contributed by atoms with Crippen molar-refractivity contribution in [2.45, 2.75) is 50.9 Å². The molecule has 3 aromatic carbocycles. The fourth-order valence-electron chi connectivity index (χ4n) is 5.65. The summed E-state index contributed by atoms with van der Waals surface area (Å²) in [6.45, 7) is 3.30. The van der Waals surface area contributed by atoms with Crippen LogP contribution in [0.5, 0.6) is 0 Å². The molecular weight excluding hydrogens is 352 g/mol. The van der Waals surface area contributed by atoms with Gasteiger partial charge in [-0.3, -0.25) is 4.99 Å². The zero-order valence-electron chi connectivity index (χ0n) is 17.3. The number of hydrogen-bond donors (Lipinski definition) is 0. The molecule has 1 aliphatic heterocycles. The third-order valence-electron chi connectivity index (χ3n) is 6.86. The molecule has 0 N–H and O–H groups in total. The van der Waals surface area contributed by atoms with Gasteiger partial charge in [-0.05, 0) is 48.7 Å². The summed E-state index contributed by atoms with van der Waals surface area (Å²) in [4.78, 5) is 4.77. The Morgan fingerprint density at radius 3 is 2.45 bits per heavy atom. The van der Waals surface area contributed by atoms with Crippen molar-refractivity contribution in [2.24, 2.45) is 4.99 Å². The van der Waals surface area contributed by atoms with Gasteiger partial charge < -0.3 is 0 Å². The van der Waals surface area contributed by atoms with Crippen LogP contribution >= 0.6 is 0 Å². The Kier molecular flexibility index (Phi) is 4.79. The highest BCUT2D eigenvalue weighted by Gasteiger charge is 2.52. The fourth-order valence-corrected chi connectivity index (χ4v) is 5.65. The Bertz CT molecular complexity index is 1090. The number of aliphatic imine (C=N–C) groups is 1. The molecule has 1 fully saturated rings. The summed E-state index contributed by atoms with van der Waals surface area (Å²) in [7, 11) is 0. The number of nitrogens with zero attached hydrogens (tertiary/aromatic N) is 2. The van der Waals surface area contributed by atoms with E-state index in [1.54, 1.807) is 11.3 Å². The van der Waals surface area contributed by atoms with E-state index in [1.165, 1.54) is 48.6 Å². The lowest BCUT2D eigenvalue weighted by Gasteiger charge is -2.33. The van der Waals surface area contributed by atoms with Crippen LogP contribution in [-0.4, -0.2) is 23.0 Å². The van der Waals surface area contributed by atoms with E-state index in [1.807, 2.05) is 6.07 Å². The summed E-state index contributed by atoms with van der Waals surface area (Å²) in [6.07, 6.45) is 9.58. The van der Waals surface area contributed by atoms with Gasteiger partial charge in [-0.25, -0.2) is 0 Å². The summed E-state index contributed by atoms with van der Waals surface area (Å²) in [6, 6.07) is 23.9. The molecule has 0 radical (unpaired) electrons. The minimum absolute atomic E-state index is 0.174. The molecule has 0 unspecified atom stereocenters. The van der Waals surface area contributed by atoms with Gasteiger partial charge in [-0.2, -0.15) is 4.58 Å². The Balaban J connectivity index is 1.63. The molecule has 0 saturated heterocycles. The highest BCUT2D eigenvalue weighted by molar-refractivity contribution is 6.07. The van der Waals surface area contributed by atoms with Crippen molar-refractivity contribution in [3.63, 3.8) is 0 Å². The summed E-state index contributed by atoms with van der Waals surface area (Å²) in [5, 5.41) is 2.81. The maximum atomic E-state index is 4.77. The molecule has 2 nitrogen and oxygen atoms in total. The molecule has 2 aliphatic rings. The van der Waals surface area contributed by atoms with E-state index in [2.05, 4.69) is 78.4 Å². The minimum Gasteiger partial charge on any atom is -0.261 e. The van der Waals surface area contributed by atoms with Crippen molar-refractivity contribution >= 4 is 34.1 Å². The van der Waals surface area contributed by atoms with Crippen molar-refractivity contribution in [3.05, 3.63) is 72.3 Å². The molecule has 1 spiro atoms. The van der Waals surface area contributed by atoms with Crippen molar-refractivity contribution in [1.29, 1.82) is 0 Å². The number of benzene rings is 3. The third kappa shape index (κ3) is 3.02. The molecule has 0 aromatic heterocycles. The Morgan fingerprint density at radius 1 is 0.897 bits per heavy atom. The predicted octanol–water partition coefficient (Wildman–Crippen LogP) is 6.95. The predicted molar refractivity (Wildman–Crippen MR) is 123 cm³/mol. The van der Waals surface area contributed by atoms with E-state index in [9.17, 15) is 0 Å². The van der Waals surface area contributed by atoms with Crippen LogP contribution in [0.15, 0.2) is 71.7 Å². The highest BCUT2D eigenvalue weighted by atomic mass is 15.1. The molecule has 1 saturated carbocycles. The first-order valence-electron chi connectivity index (χ1n) is 11.1. The second kappa shape index (κ2) is 7.59. The first-order chi connectivity index (χ1) is 14.3. The van der Waals surface area contributed by atoms with Gasteiger partial charge in [0, 0.05) is 17.8 Å². The second-order valence-corrected chi connectivity index (χ2v) is 8.37. The van der Waals surface area contributed by atoms with Crippen LogP contribution in [0.2, 0.25) is 0 Å². The average molecular weight is 382 g/mol. The molecule has 0 amide bonds. The summed E-state index contributed by atoms with van der Waals surface area (Å²) < 4.78 is 2.59. The molecule has 2 heteroatoms. The minimum atomic E-state index is 0.174. The van der Waals surface area contributed by atoms with Gasteiger partial charge in [0.1, 0.15) is 6.54 Å². The Hall–Kier alpha value is -2.74. The van der Waals surface area contributed by atoms with Gasteiger partial charge in [0.05, 0.1) is 17.5 Å². The largest absolute Gasteiger partial charge is 0.261 e. The van der Waals surface area contributed by atoms with E-state index in [-0.39, 0.29) is 5.41 Å². The van der Waals surface area contributed by atoms with E-state index in [0.717, 1.165) is 18.7 Å². The van der Waals surface area contributed by atoms with Crippen molar-refractivity contribution in [3.8, 4) is 0 Å². The molecule has 1 heterocycles. The highest BCUT2D eigenvalue weighted by Crippen LogP contribution is 2.51. The normalized spacial score (nSPS) is 18.1. The summed E-state index contributed by atoms with van der Waals surface area (Å²) in [5.41, 5.74) is 5.78. The van der Waals surface area contributed by atoms with Crippen LogP contribution < -0.4 is 0 Å². The average Bonchev–Trinajstić information content (AvgIpc) is 3.04. The molecule has 0 atom stereocenters. The van der Waals surface area contributed by atoms with Crippen molar-refractivity contribution < 1.29 is 4.58 Å². The first kappa shape index (κ1) is 18.3. The van der Waals surface area contributed by atoms with Gasteiger partial charge >= 0.3 is 0 Å². The van der Waals surface area contributed by atoms with Crippen LogP contribution in [0.3, 0.4) is 0 Å². The molecule has 5 rings (SSSR count). The van der Waals surface area contributed by atoms with Crippen LogP contribution in [0.1, 0.15) is 51.0 Å². The van der Waals surface area contributed by atoms with E-state index in [0.29, 0.717) is 0 Å². The van der Waals surface area contributed by atoms with E-state index in [4.69, 9.17) is 4.99 Å². The topological polar surface area (TPSA) is 15.4 Å². The Labute approximate surface area is 173 Å². The van der Waals surface area contributed by atoms with Gasteiger partial charge in [-0.15, -0.1) is 0 Å². The monoisotopic (exact) mass is 381 g/mol. The van der Waals surface area contributed by atoms with Gasteiger partial charge in [0.25, 0.3) is 0 Å². The SMILES string of the molecule is CC[N+]1=C(CC=Nc2ccccc2)C2(CCCCC2)c2c1ccc1ccccc21. The molecular formula is C27H29N2+. The van der Waals surface area contributed by atoms with Crippen LogP contribution in [0.25, 0.3) is 10.8 Å². The maximum absolute atomic E-state index is 4.77. The maximum Gasteiger partial charge on any atom is 0.210 e. The molecule has 3 aromatic rings. The first-order valence-corrected chi connectivity index (χ1v) is 11.1. The number of hydrogen-bond acceptors (Lipinski definition) is 1.